The summed E-state index contributed by atoms with van der Waals surface area (Å²) in [5.41, 5.74) is -5.01. The number of H-pyrrole nitrogens is 7. The summed E-state index contributed by atoms with van der Waals surface area (Å²) >= 11 is 0. The summed E-state index contributed by atoms with van der Waals surface area (Å²) in [6, 6.07) is 27.1. The molecule has 1 fully saturated rings. The molecule has 17 nitrogen and oxygen atoms in total. The van der Waals surface area contributed by atoms with Gasteiger partial charge in [-0.15, -0.1) is 0 Å². The summed E-state index contributed by atoms with van der Waals surface area (Å²) in [7, 11) is 2.92. The molecule has 1 aliphatic rings. The van der Waals surface area contributed by atoms with E-state index < -0.39 is 113 Å². The highest BCUT2D eigenvalue weighted by Crippen LogP contribution is 2.41. The van der Waals surface area contributed by atoms with Crippen molar-refractivity contribution in [3.63, 3.8) is 0 Å². The predicted octanol–water partition coefficient (Wildman–Crippen LogP) is 18.5. The van der Waals surface area contributed by atoms with Crippen molar-refractivity contribution >= 4 is 0 Å². The molecule has 103 heavy (non-hydrogen) atoms. The lowest BCUT2D eigenvalue weighted by atomic mass is 10.1. The Labute approximate surface area is 559 Å². The number of alkyl halides is 24. The number of aliphatic hydroxyl groups excluding tert-OH is 1. The topological polar surface area (TPSA) is 239 Å². The maximum atomic E-state index is 13.2. The largest absolute Gasteiger partial charge is 0.497 e. The zero-order valence-electron chi connectivity index (χ0n) is 51.4. The van der Waals surface area contributed by atoms with Crippen LogP contribution in [0.3, 0.4) is 0 Å². The summed E-state index contributed by atoms with van der Waals surface area (Å²) in [4.78, 5) is 0. The quantitative estimate of drug-likeness (QED) is 0.0636. The minimum atomic E-state index is -4.57. The van der Waals surface area contributed by atoms with E-state index in [9.17, 15) is 114 Å². The number of hydrogen-bond donors (Lipinski definition) is 8. The number of benzene rings is 4. The van der Waals surface area contributed by atoms with Crippen molar-refractivity contribution in [2.24, 2.45) is 0 Å². The van der Waals surface area contributed by atoms with E-state index in [0.29, 0.717) is 28.3 Å². The number of rotatable bonds is 9. The first-order valence-corrected chi connectivity index (χ1v) is 28.1. The van der Waals surface area contributed by atoms with Gasteiger partial charge in [-0.25, -0.2) is 8.78 Å². The number of halogens is 26. The van der Waals surface area contributed by atoms with E-state index in [-0.39, 0.29) is 52.1 Å². The van der Waals surface area contributed by atoms with Gasteiger partial charge in [-0.3, -0.25) is 35.7 Å². The van der Waals surface area contributed by atoms with E-state index in [1.165, 1.54) is 44.6 Å². The smallest absolute Gasteiger partial charge is 0.435 e. The van der Waals surface area contributed by atoms with Gasteiger partial charge in [-0.2, -0.15) is 141 Å². The Kier molecular flexibility index (Phi) is 26.3. The number of hydrogen-bond acceptors (Lipinski definition) is 10. The van der Waals surface area contributed by atoms with Crippen molar-refractivity contribution in [1.82, 2.24) is 71.4 Å². The van der Waals surface area contributed by atoms with Crippen molar-refractivity contribution < 1.29 is 129 Å². The van der Waals surface area contributed by atoms with Gasteiger partial charge in [0, 0.05) is 41.0 Å². The Morgan fingerprint density at radius 1 is 0.379 bits per heavy atom. The molecule has 43 heteroatoms. The molecule has 7 heterocycles. The molecule has 0 radical (unpaired) electrons. The summed E-state index contributed by atoms with van der Waals surface area (Å²) in [5.74, 6) is -0.132. The minimum Gasteiger partial charge on any atom is -0.497 e. The van der Waals surface area contributed by atoms with Crippen molar-refractivity contribution in [3.05, 3.63) is 214 Å². The van der Waals surface area contributed by atoms with Crippen LogP contribution >= 0.6 is 0 Å². The highest BCUT2D eigenvalue weighted by Gasteiger charge is 2.39. The first kappa shape index (κ1) is 81.2. The van der Waals surface area contributed by atoms with E-state index in [1.54, 1.807) is 29.4 Å². The lowest BCUT2D eigenvalue weighted by molar-refractivity contribution is -0.142. The first-order valence-electron chi connectivity index (χ1n) is 28.1. The minimum absolute atomic E-state index is 0.0363. The monoisotopic (exact) mass is 1500 g/mol. The summed E-state index contributed by atoms with van der Waals surface area (Å²) in [5, 5.41) is 45.7. The Morgan fingerprint density at radius 3 is 1.07 bits per heavy atom. The average molecular weight is 1510 g/mol. The Hall–Kier alpha value is -10.8. The molecule has 4 aromatic carbocycles. The third-order valence-electron chi connectivity index (χ3n) is 12.9. The molecule has 0 saturated heterocycles. The molecular formula is C60H46F26N14O3. The van der Waals surface area contributed by atoms with Crippen LogP contribution in [0.25, 0.3) is 45.0 Å². The van der Waals surface area contributed by atoms with Crippen LogP contribution < -0.4 is 4.74 Å². The molecule has 11 aromatic rings. The van der Waals surface area contributed by atoms with E-state index >= 15 is 0 Å². The fourth-order valence-electron chi connectivity index (χ4n) is 7.74. The number of aromatic amines is 7. The molecular weight excluding hydrogens is 1460 g/mol. The van der Waals surface area contributed by atoms with Crippen LogP contribution in [0.2, 0.25) is 0 Å². The summed E-state index contributed by atoms with van der Waals surface area (Å²) in [6.45, 7) is -0.369. The molecule has 7 aromatic heterocycles. The van der Waals surface area contributed by atoms with Crippen LogP contribution in [0.15, 0.2) is 140 Å². The molecule has 0 unspecified atom stereocenters. The highest BCUT2D eigenvalue weighted by atomic mass is 19.4. The first-order chi connectivity index (χ1) is 47.8. The second kappa shape index (κ2) is 33.4. The van der Waals surface area contributed by atoms with Gasteiger partial charge in [0.25, 0.3) is 0 Å². The van der Waals surface area contributed by atoms with Crippen molar-refractivity contribution in [2.75, 3.05) is 14.2 Å². The van der Waals surface area contributed by atoms with Crippen LogP contribution in [0.1, 0.15) is 81.3 Å². The van der Waals surface area contributed by atoms with E-state index in [4.69, 9.17) is 9.84 Å². The third kappa shape index (κ3) is 24.8. The maximum Gasteiger partial charge on any atom is 0.435 e. The van der Waals surface area contributed by atoms with Gasteiger partial charge in [0.2, 0.25) is 0 Å². The normalized spacial score (nSPS) is 12.7. The second-order valence-electron chi connectivity index (χ2n) is 20.6. The molecule has 1 saturated carbocycles. The Bertz CT molecular complexity index is 4370. The molecule has 8 N–H and O–H groups in total. The van der Waals surface area contributed by atoms with Crippen molar-refractivity contribution in [3.8, 4) is 50.8 Å². The van der Waals surface area contributed by atoms with Gasteiger partial charge in [0.15, 0.2) is 17.1 Å². The fraction of sp³-hybridized carbons (Fsp3) is 0.250. The second-order valence-corrected chi connectivity index (χ2v) is 20.6. The molecule has 1 aliphatic carbocycles. The SMILES string of the molecule is COCc1cc(C(F)(F)F)n[nH]1.COc1ccc(-c2cc(C(F)(F)F)[nH]n2)cc1.FC(F)(F)c1cc(C2CC2)[nH]n1.FC(F)(F)c1ccc(-c2cc(C(F)(F)F)[nH]n2)cc1.Fc1ccc(-c2cc(C(F)(F)F)[nH]n2)cc1.Fc1ccccc1-c1cc(C(F)(F)F)[nH]n1.OCc1cc(C(F)(F)F)n[nH]1. The van der Waals surface area contributed by atoms with E-state index in [2.05, 4.69) is 50.6 Å². The lowest BCUT2D eigenvalue weighted by Gasteiger charge is -2.06. The van der Waals surface area contributed by atoms with Gasteiger partial charge >= 0.3 is 49.4 Å². The molecule has 0 spiro atoms. The molecule has 0 bridgehead atoms. The van der Waals surface area contributed by atoms with Crippen LogP contribution in [-0.2, 0) is 67.4 Å². The van der Waals surface area contributed by atoms with Crippen molar-refractivity contribution in [2.45, 2.75) is 81.4 Å². The number of methoxy groups -OCH3 is 2. The zero-order chi connectivity index (χ0) is 76.7. The van der Waals surface area contributed by atoms with E-state index in [1.807, 2.05) is 20.4 Å². The Morgan fingerprint density at radius 2 is 0.738 bits per heavy atom. The molecule has 0 amide bonds. The molecule has 12 rings (SSSR count). The predicted molar refractivity (Wildman–Crippen MR) is 307 cm³/mol. The number of aliphatic hydroxyl groups is 1. The van der Waals surface area contributed by atoms with Crippen LogP contribution in [0, 0.1) is 11.6 Å². The number of nitrogens with zero attached hydrogens (tertiary/aromatic N) is 7. The van der Waals surface area contributed by atoms with Gasteiger partial charge in [0.1, 0.15) is 40.2 Å². The number of aromatic nitrogens is 14. The summed E-state index contributed by atoms with van der Waals surface area (Å²) in [6.07, 6.45) is -33.6. The van der Waals surface area contributed by atoms with Crippen LogP contribution in [0.5, 0.6) is 5.75 Å². The van der Waals surface area contributed by atoms with Crippen LogP contribution in [-0.4, -0.2) is 90.7 Å². The Balaban J connectivity index is 0.000000190. The number of nitrogens with one attached hydrogen (secondary N) is 7. The molecule has 556 valence electrons. The third-order valence-corrected chi connectivity index (χ3v) is 12.9. The van der Waals surface area contributed by atoms with Gasteiger partial charge in [0.05, 0.1) is 60.1 Å². The van der Waals surface area contributed by atoms with Gasteiger partial charge in [-0.05, 0) is 128 Å². The van der Waals surface area contributed by atoms with Gasteiger partial charge < -0.3 is 14.6 Å². The summed E-state index contributed by atoms with van der Waals surface area (Å²) < 4.78 is 327. The molecule has 0 aliphatic heterocycles. The standard InChI is InChI=1S/C11H6F6N2.C11H9F3N2O.2C10H6F4N2.C7H7F3N2.C6H7F3N2O.C5H5F3N2O/c12-10(13,14)7-3-1-6(2-4-7)8-5-9(19-18-8)11(15,16)17;1-17-8-4-2-7(3-5-8)9-6-10(16-15-9)11(12,13)14;11-7-3-1-6(2-4-7)8-5-9(16-15-8)10(12,13)14;11-7-4-2-1-3-6(7)8-5-9(16-15-8)10(12,13)14;8-7(9,10)6-3-5(11-12-6)4-1-2-4;1-12-3-4-2-5(11-10-4)6(7,8)9;6-5(7,8)4-1-3(2-11)9-10-4/h1-5H,(H,18,19);2-6H,1H3,(H,15,16);2*1-5H,(H,15,16);3-4H,1-2H2,(H,11,12);2H,3H2,1H3,(H,10,11);1,11H,2H2,(H,9,10). The van der Waals surface area contributed by atoms with E-state index in [0.717, 1.165) is 97.8 Å². The van der Waals surface area contributed by atoms with Crippen molar-refractivity contribution in [1.29, 1.82) is 0 Å². The fourth-order valence-corrected chi connectivity index (χ4v) is 7.74. The van der Waals surface area contributed by atoms with Crippen LogP contribution in [0.4, 0.5) is 114 Å². The number of ether oxygens (including phenoxy) is 2. The maximum absolute atomic E-state index is 13.2. The highest BCUT2D eigenvalue weighted by molar-refractivity contribution is 5.62. The lowest BCUT2D eigenvalue weighted by Crippen LogP contribution is -2.04. The zero-order valence-corrected chi connectivity index (χ0v) is 51.4. The molecule has 0 atom stereocenters. The average Bonchev–Trinajstić information content (AvgIpc) is 1.73. The van der Waals surface area contributed by atoms with Gasteiger partial charge in [-0.1, -0.05) is 24.3 Å².